The first kappa shape index (κ1) is 21.0. The van der Waals surface area contributed by atoms with Gasteiger partial charge in [0, 0.05) is 0 Å². The highest BCUT2D eigenvalue weighted by molar-refractivity contribution is 5.42. The lowest BCUT2D eigenvalue weighted by Gasteiger charge is -2.03. The fraction of sp³-hybridized carbons (Fsp3) is 0.500. The zero-order chi connectivity index (χ0) is 16.1. The predicted octanol–water partition coefficient (Wildman–Crippen LogP) is 7.17. The molecule has 0 heteroatoms. The quantitative estimate of drug-likeness (QED) is 0.378. The summed E-state index contributed by atoms with van der Waals surface area (Å²) in [6.45, 7) is 22.0. The van der Waals surface area contributed by atoms with Gasteiger partial charge in [0.15, 0.2) is 0 Å². The molecule has 1 rings (SSSR count). The van der Waals surface area contributed by atoms with Crippen molar-refractivity contribution in [3.8, 4) is 0 Å². The van der Waals surface area contributed by atoms with Crippen molar-refractivity contribution in [3.05, 3.63) is 59.3 Å². The van der Waals surface area contributed by atoms with E-state index in [-0.39, 0.29) is 0 Å². The van der Waals surface area contributed by atoms with Crippen LogP contribution in [0, 0.1) is 0 Å². The summed E-state index contributed by atoms with van der Waals surface area (Å²) < 4.78 is 0. The van der Waals surface area contributed by atoms with Crippen molar-refractivity contribution in [2.24, 2.45) is 0 Å². The van der Waals surface area contributed by atoms with E-state index in [4.69, 9.17) is 0 Å². The summed E-state index contributed by atoms with van der Waals surface area (Å²) in [5, 5.41) is 0. The van der Waals surface area contributed by atoms with Crippen molar-refractivity contribution < 1.29 is 0 Å². The molecule has 0 nitrogen and oxygen atoms in total. The Bertz CT molecular complexity index is 378. The third-order valence-electron chi connectivity index (χ3n) is 2.51. The third kappa shape index (κ3) is 11.8. The highest BCUT2D eigenvalue weighted by Crippen LogP contribution is 2.29. The molecule has 0 bridgehead atoms. The molecule has 0 heterocycles. The molecule has 0 aliphatic heterocycles. The van der Waals surface area contributed by atoms with Crippen LogP contribution in [0.3, 0.4) is 0 Å². The number of hydrogen-bond acceptors (Lipinski definition) is 0. The van der Waals surface area contributed by atoms with Gasteiger partial charge < -0.3 is 0 Å². The van der Waals surface area contributed by atoms with Gasteiger partial charge in [-0.1, -0.05) is 62.3 Å². The third-order valence-corrected chi connectivity index (χ3v) is 2.51. The largest absolute Gasteiger partial charge is 0.100 e. The predicted molar refractivity (Wildman–Crippen MR) is 96.1 cm³/mol. The van der Waals surface area contributed by atoms with Crippen molar-refractivity contribution >= 4 is 0 Å². The molecule has 0 amide bonds. The highest BCUT2D eigenvalue weighted by atomic mass is 14.1. The minimum atomic E-state index is 1.11. The first-order valence-corrected chi connectivity index (χ1v) is 7.71. The fourth-order valence-electron chi connectivity index (χ4n) is 1.66. The molecule has 0 spiro atoms. The van der Waals surface area contributed by atoms with E-state index >= 15 is 0 Å². The van der Waals surface area contributed by atoms with E-state index in [9.17, 15) is 0 Å². The minimum Gasteiger partial charge on any atom is -0.100 e. The van der Waals surface area contributed by atoms with Crippen LogP contribution in [-0.2, 0) is 0 Å². The molecule has 0 saturated heterocycles. The summed E-state index contributed by atoms with van der Waals surface area (Å²) >= 11 is 0. The Kier molecular flexibility index (Phi) is 13.4. The van der Waals surface area contributed by atoms with Crippen molar-refractivity contribution in [3.63, 3.8) is 0 Å². The van der Waals surface area contributed by atoms with Crippen molar-refractivity contribution in [2.75, 3.05) is 0 Å². The minimum absolute atomic E-state index is 1.11. The van der Waals surface area contributed by atoms with Crippen molar-refractivity contribution in [1.82, 2.24) is 0 Å². The molecule has 0 N–H and O–H groups in total. The molecule has 0 radical (unpaired) electrons. The zero-order valence-corrected chi connectivity index (χ0v) is 14.8. The van der Waals surface area contributed by atoms with Crippen LogP contribution in [0.15, 0.2) is 59.3 Å². The summed E-state index contributed by atoms with van der Waals surface area (Å²) in [6, 6.07) is 0. The molecule has 0 aromatic rings. The topological polar surface area (TPSA) is 0 Å². The monoisotopic (exact) mass is 274 g/mol. The average molecular weight is 274 g/mol. The van der Waals surface area contributed by atoms with Gasteiger partial charge in [-0.3, -0.25) is 0 Å². The standard InChI is InChI=1S/C14H20.C4H8.C2H6/c1-5-13(8-6-11(2)3)14-9-7-12(4)10-14;1-4(2)3;1-2/h6,8,10H,4-5,7,9H2,1-3H3;1H2,2-3H3;1-2H3/b13-8+;;. The van der Waals surface area contributed by atoms with Gasteiger partial charge in [-0.25, -0.2) is 0 Å². The molecular weight excluding hydrogens is 240 g/mol. The lowest BCUT2D eigenvalue weighted by atomic mass is 10.0. The molecule has 1 aliphatic carbocycles. The molecule has 0 aromatic heterocycles. The normalized spacial score (nSPS) is 13.4. The van der Waals surface area contributed by atoms with E-state index in [1.165, 1.54) is 34.3 Å². The second kappa shape index (κ2) is 12.7. The Balaban J connectivity index is 0. The van der Waals surface area contributed by atoms with Crippen LogP contribution < -0.4 is 0 Å². The first-order valence-electron chi connectivity index (χ1n) is 7.71. The van der Waals surface area contributed by atoms with E-state index in [1.807, 2.05) is 27.7 Å². The second-order valence-electron chi connectivity index (χ2n) is 5.32. The summed E-state index contributed by atoms with van der Waals surface area (Å²) in [7, 11) is 0. The molecule has 0 atom stereocenters. The van der Waals surface area contributed by atoms with Crippen LogP contribution in [-0.4, -0.2) is 0 Å². The van der Waals surface area contributed by atoms with Gasteiger partial charge in [0.05, 0.1) is 0 Å². The van der Waals surface area contributed by atoms with Crippen LogP contribution in [0.4, 0.5) is 0 Å². The highest BCUT2D eigenvalue weighted by Gasteiger charge is 2.09. The van der Waals surface area contributed by atoms with Gasteiger partial charge in [-0.2, -0.15) is 0 Å². The lowest BCUT2D eigenvalue weighted by molar-refractivity contribution is 0.982. The fourth-order valence-corrected chi connectivity index (χ4v) is 1.66. The average Bonchev–Trinajstić information content (AvgIpc) is 2.78. The second-order valence-corrected chi connectivity index (χ2v) is 5.32. The van der Waals surface area contributed by atoms with Crippen LogP contribution in [0.25, 0.3) is 0 Å². The number of hydrogen-bond donors (Lipinski definition) is 0. The SMILES string of the molecule is C=C(C)C.C=C1C=C(/C(=C/C=C(C)C)CC)CC1.CC. The lowest BCUT2D eigenvalue weighted by Crippen LogP contribution is -1.84. The van der Waals surface area contributed by atoms with Crippen LogP contribution in [0.5, 0.6) is 0 Å². The van der Waals surface area contributed by atoms with Crippen LogP contribution in [0.2, 0.25) is 0 Å². The molecule has 0 aromatic carbocycles. The molecule has 0 unspecified atom stereocenters. The Morgan fingerprint density at radius 3 is 1.90 bits per heavy atom. The summed E-state index contributed by atoms with van der Waals surface area (Å²) in [5.74, 6) is 0. The van der Waals surface area contributed by atoms with Crippen LogP contribution >= 0.6 is 0 Å². The Labute approximate surface area is 127 Å². The maximum Gasteiger partial charge on any atom is -0.0236 e. The summed E-state index contributed by atoms with van der Waals surface area (Å²) in [5.41, 5.74) is 6.74. The molecular formula is C20H34. The smallest absolute Gasteiger partial charge is 0.0236 e. The van der Waals surface area contributed by atoms with Gasteiger partial charge >= 0.3 is 0 Å². The van der Waals surface area contributed by atoms with Gasteiger partial charge in [-0.15, -0.1) is 6.58 Å². The van der Waals surface area contributed by atoms with E-state index in [1.54, 1.807) is 0 Å². The molecule has 20 heavy (non-hydrogen) atoms. The molecule has 0 saturated carbocycles. The van der Waals surface area contributed by atoms with Gasteiger partial charge in [0.1, 0.15) is 0 Å². The van der Waals surface area contributed by atoms with E-state index < -0.39 is 0 Å². The van der Waals surface area contributed by atoms with E-state index in [0.29, 0.717) is 0 Å². The van der Waals surface area contributed by atoms with Gasteiger partial charge in [0.2, 0.25) is 0 Å². The summed E-state index contributed by atoms with van der Waals surface area (Å²) in [6.07, 6.45) is 10.1. The Morgan fingerprint density at radius 1 is 1.10 bits per heavy atom. The molecule has 114 valence electrons. The Morgan fingerprint density at radius 2 is 1.60 bits per heavy atom. The number of rotatable bonds is 3. The summed E-state index contributed by atoms with van der Waals surface area (Å²) in [4.78, 5) is 0. The van der Waals surface area contributed by atoms with E-state index in [2.05, 4.69) is 52.2 Å². The van der Waals surface area contributed by atoms with Crippen LogP contribution in [0.1, 0.15) is 67.7 Å². The molecule has 0 fully saturated rings. The zero-order valence-electron chi connectivity index (χ0n) is 14.8. The van der Waals surface area contributed by atoms with Crippen molar-refractivity contribution in [2.45, 2.75) is 67.7 Å². The Hall–Kier alpha value is -1.30. The van der Waals surface area contributed by atoms with Gasteiger partial charge in [-0.05, 0) is 58.1 Å². The maximum absolute atomic E-state index is 4.00. The van der Waals surface area contributed by atoms with Crippen molar-refractivity contribution in [1.29, 1.82) is 0 Å². The molecule has 1 aliphatic rings. The number of allylic oxidation sites excluding steroid dienone is 8. The van der Waals surface area contributed by atoms with E-state index in [0.717, 1.165) is 12.8 Å². The first-order chi connectivity index (χ1) is 9.36. The van der Waals surface area contributed by atoms with Gasteiger partial charge in [0.25, 0.3) is 0 Å². The maximum atomic E-state index is 4.00.